The summed E-state index contributed by atoms with van der Waals surface area (Å²) in [7, 11) is 0. The molecule has 1 amide bonds. The van der Waals surface area contributed by atoms with Crippen LogP contribution < -0.4 is 0 Å². The number of hydrogen-bond donors (Lipinski definition) is 0. The molecule has 1 fully saturated rings. The largest absolute Gasteiger partial charge is 0.473 e. The highest BCUT2D eigenvalue weighted by atomic mass is 19.1. The van der Waals surface area contributed by atoms with Gasteiger partial charge in [0.05, 0.1) is 0 Å². The lowest BCUT2D eigenvalue weighted by atomic mass is 10.0. The van der Waals surface area contributed by atoms with Gasteiger partial charge in [-0.2, -0.15) is 0 Å². The third-order valence-electron chi connectivity index (χ3n) is 3.83. The molecule has 1 saturated heterocycles. The first-order valence-electron chi connectivity index (χ1n) is 6.97. The number of likely N-dealkylation sites (tertiary alicyclic amines) is 1. The molecular formula is C15H17FN2O2. The summed E-state index contributed by atoms with van der Waals surface area (Å²) in [6, 6.07) is 5.49. The molecule has 0 aromatic heterocycles. The van der Waals surface area contributed by atoms with Crippen LogP contribution in [0.2, 0.25) is 0 Å². The van der Waals surface area contributed by atoms with E-state index in [2.05, 4.69) is 4.99 Å². The van der Waals surface area contributed by atoms with E-state index in [0.29, 0.717) is 0 Å². The minimum absolute atomic E-state index is 0.00720. The molecule has 2 heterocycles. The first-order valence-corrected chi connectivity index (χ1v) is 6.97. The van der Waals surface area contributed by atoms with Crippen molar-refractivity contribution in [3.63, 3.8) is 0 Å². The fraction of sp³-hybridized carbons (Fsp3) is 0.467. The molecule has 106 valence electrons. The van der Waals surface area contributed by atoms with Gasteiger partial charge in [0.15, 0.2) is 18.5 Å². The number of rotatable bonds is 2. The number of aliphatic imine (C=N–C) groups is 1. The minimum Gasteiger partial charge on any atom is -0.473 e. The zero-order chi connectivity index (χ0) is 13.9. The van der Waals surface area contributed by atoms with Crippen molar-refractivity contribution in [3.05, 3.63) is 35.6 Å². The Morgan fingerprint density at radius 1 is 1.20 bits per heavy atom. The van der Waals surface area contributed by atoms with Gasteiger partial charge in [0.25, 0.3) is 5.91 Å². The molecular weight excluding hydrogens is 259 g/mol. The third kappa shape index (κ3) is 2.53. The first-order chi connectivity index (χ1) is 9.75. The second-order valence-electron chi connectivity index (χ2n) is 5.19. The van der Waals surface area contributed by atoms with Gasteiger partial charge in [-0.05, 0) is 37.0 Å². The fourth-order valence-corrected chi connectivity index (χ4v) is 2.73. The van der Waals surface area contributed by atoms with E-state index in [1.807, 2.05) is 4.90 Å². The Hall–Kier alpha value is -1.91. The predicted molar refractivity (Wildman–Crippen MR) is 72.9 cm³/mol. The van der Waals surface area contributed by atoms with Gasteiger partial charge >= 0.3 is 0 Å². The lowest BCUT2D eigenvalue weighted by Crippen LogP contribution is -2.42. The Kier molecular flexibility index (Phi) is 3.67. The van der Waals surface area contributed by atoms with E-state index in [4.69, 9.17) is 4.74 Å². The average molecular weight is 276 g/mol. The smallest absolute Gasteiger partial charge is 0.251 e. The van der Waals surface area contributed by atoms with E-state index in [1.165, 1.54) is 25.0 Å². The van der Waals surface area contributed by atoms with Crippen LogP contribution in [0, 0.1) is 5.82 Å². The summed E-state index contributed by atoms with van der Waals surface area (Å²) >= 11 is 0. The molecule has 1 aromatic rings. The van der Waals surface area contributed by atoms with E-state index in [-0.39, 0.29) is 11.7 Å². The number of carbonyl (C=O) groups excluding carboxylic acids is 1. The van der Waals surface area contributed by atoms with Gasteiger partial charge in [-0.25, -0.2) is 9.38 Å². The fourth-order valence-electron chi connectivity index (χ4n) is 2.73. The molecule has 2 aliphatic heterocycles. The number of carbonyl (C=O) groups is 1. The number of hydrogen-bond acceptors (Lipinski definition) is 3. The van der Waals surface area contributed by atoms with Crippen molar-refractivity contribution < 1.29 is 13.9 Å². The third-order valence-corrected chi connectivity index (χ3v) is 3.83. The maximum absolute atomic E-state index is 13.0. The van der Waals surface area contributed by atoms with Gasteiger partial charge in [0, 0.05) is 13.1 Å². The second kappa shape index (κ2) is 5.61. The molecule has 0 radical (unpaired) electrons. The Morgan fingerprint density at radius 3 is 2.60 bits per heavy atom. The van der Waals surface area contributed by atoms with Gasteiger partial charge in [0.1, 0.15) is 5.82 Å². The summed E-state index contributed by atoms with van der Waals surface area (Å²) in [6.07, 6.45) is 4.16. The zero-order valence-electron chi connectivity index (χ0n) is 11.2. The predicted octanol–water partition coefficient (Wildman–Crippen LogP) is 2.31. The highest BCUT2D eigenvalue weighted by Gasteiger charge is 2.36. The summed E-state index contributed by atoms with van der Waals surface area (Å²) < 4.78 is 18.4. The molecule has 2 unspecified atom stereocenters. The number of nitrogens with zero attached hydrogens (tertiary/aromatic N) is 2. The molecule has 0 saturated carbocycles. The summed E-state index contributed by atoms with van der Waals surface area (Å²) in [6.45, 7) is 1.59. The molecule has 0 aliphatic carbocycles. The molecule has 2 aliphatic rings. The summed E-state index contributed by atoms with van der Waals surface area (Å²) in [5, 5.41) is 0. The second-order valence-corrected chi connectivity index (χ2v) is 5.19. The number of ether oxygens (including phenoxy) is 1. The van der Waals surface area contributed by atoms with Crippen molar-refractivity contribution in [2.45, 2.75) is 31.4 Å². The van der Waals surface area contributed by atoms with Gasteiger partial charge in [-0.3, -0.25) is 4.79 Å². The highest BCUT2D eigenvalue weighted by Crippen LogP contribution is 2.29. The quantitative estimate of drug-likeness (QED) is 0.831. The van der Waals surface area contributed by atoms with E-state index in [1.54, 1.807) is 12.1 Å². The molecule has 4 nitrogen and oxygen atoms in total. The molecule has 1 aromatic carbocycles. The van der Waals surface area contributed by atoms with Crippen molar-refractivity contribution in [2.75, 3.05) is 13.1 Å². The van der Waals surface area contributed by atoms with Crippen molar-refractivity contribution in [3.8, 4) is 0 Å². The van der Waals surface area contributed by atoms with Crippen molar-refractivity contribution >= 4 is 12.3 Å². The van der Waals surface area contributed by atoms with Crippen LogP contribution in [0.5, 0.6) is 0 Å². The topological polar surface area (TPSA) is 41.9 Å². The van der Waals surface area contributed by atoms with Crippen LogP contribution in [-0.2, 0) is 9.53 Å². The number of piperidine rings is 1. The van der Waals surface area contributed by atoms with Gasteiger partial charge in [-0.15, -0.1) is 0 Å². The molecule has 0 spiro atoms. The first kappa shape index (κ1) is 13.1. The number of benzene rings is 1. The molecule has 3 rings (SSSR count). The summed E-state index contributed by atoms with van der Waals surface area (Å²) in [5.41, 5.74) is 0.777. The Labute approximate surface area is 117 Å². The normalized spacial score (nSPS) is 25.6. The van der Waals surface area contributed by atoms with E-state index < -0.39 is 12.1 Å². The van der Waals surface area contributed by atoms with Crippen molar-refractivity contribution in [1.82, 2.24) is 4.90 Å². The van der Waals surface area contributed by atoms with Gasteiger partial charge in [0.2, 0.25) is 0 Å². The van der Waals surface area contributed by atoms with Gasteiger partial charge < -0.3 is 9.64 Å². The molecule has 2 atom stereocenters. The lowest BCUT2D eigenvalue weighted by Gasteiger charge is -2.29. The van der Waals surface area contributed by atoms with Crippen LogP contribution >= 0.6 is 0 Å². The maximum atomic E-state index is 13.0. The molecule has 5 heteroatoms. The van der Waals surface area contributed by atoms with Crippen LogP contribution in [-0.4, -0.2) is 36.3 Å². The molecule has 0 bridgehead atoms. The Bertz CT molecular complexity index is 509. The van der Waals surface area contributed by atoms with Gasteiger partial charge in [-0.1, -0.05) is 12.1 Å². The van der Waals surface area contributed by atoms with Crippen LogP contribution in [0.25, 0.3) is 0 Å². The van der Waals surface area contributed by atoms with Crippen LogP contribution in [0.1, 0.15) is 30.9 Å². The van der Waals surface area contributed by atoms with Crippen LogP contribution in [0.3, 0.4) is 0 Å². The monoisotopic (exact) mass is 276 g/mol. The van der Waals surface area contributed by atoms with Crippen LogP contribution in [0.4, 0.5) is 4.39 Å². The Morgan fingerprint density at radius 2 is 1.90 bits per heavy atom. The maximum Gasteiger partial charge on any atom is 0.251 e. The van der Waals surface area contributed by atoms with Crippen LogP contribution in [0.15, 0.2) is 29.3 Å². The highest BCUT2D eigenvalue weighted by molar-refractivity contribution is 5.85. The lowest BCUT2D eigenvalue weighted by molar-refractivity contribution is -0.135. The standard InChI is InChI=1S/C15H17FN2O2/c16-12-6-4-11(5-7-12)14-13(17-10-20-14)15(19)18-8-2-1-3-9-18/h4-7,10,13-14H,1-3,8-9H2. The van der Waals surface area contributed by atoms with E-state index in [9.17, 15) is 9.18 Å². The SMILES string of the molecule is O=C(C1N=COC1c1ccc(F)cc1)N1CCCCC1. The molecule has 20 heavy (non-hydrogen) atoms. The average Bonchev–Trinajstić information content (AvgIpc) is 2.97. The van der Waals surface area contributed by atoms with E-state index >= 15 is 0 Å². The van der Waals surface area contributed by atoms with Crippen molar-refractivity contribution in [1.29, 1.82) is 0 Å². The zero-order valence-corrected chi connectivity index (χ0v) is 11.2. The van der Waals surface area contributed by atoms with Crippen molar-refractivity contribution in [2.24, 2.45) is 4.99 Å². The van der Waals surface area contributed by atoms with E-state index in [0.717, 1.165) is 31.5 Å². The minimum atomic E-state index is -0.543. The summed E-state index contributed by atoms with van der Waals surface area (Å²) in [5.74, 6) is -0.292. The summed E-state index contributed by atoms with van der Waals surface area (Å²) in [4.78, 5) is 18.5. The Balaban J connectivity index is 1.75. The number of amides is 1. The molecule has 0 N–H and O–H groups in total. The number of halogens is 1.